The highest BCUT2D eigenvalue weighted by Crippen LogP contribution is 2.24. The van der Waals surface area contributed by atoms with Gasteiger partial charge in [0.2, 0.25) is 0 Å². The molecule has 0 spiro atoms. The van der Waals surface area contributed by atoms with Crippen LogP contribution in [0, 0.1) is 0 Å². The van der Waals surface area contributed by atoms with Gasteiger partial charge < -0.3 is 0 Å². The van der Waals surface area contributed by atoms with E-state index in [2.05, 4.69) is 3.63 Å². The van der Waals surface area contributed by atoms with Gasteiger partial charge in [-0.2, -0.15) is 16.8 Å². The Morgan fingerprint density at radius 1 is 1.30 bits per heavy atom. The van der Waals surface area contributed by atoms with Crippen LogP contribution in [-0.2, 0) is 23.9 Å². The predicted octanol–water partition coefficient (Wildman–Crippen LogP) is -1.12. The van der Waals surface area contributed by atoms with Crippen molar-refractivity contribution in [1.29, 1.82) is 0 Å². The second-order valence-electron chi connectivity index (χ2n) is 1.82. The minimum Gasteiger partial charge on any atom is -0.198 e. The van der Waals surface area contributed by atoms with E-state index in [4.69, 9.17) is 0 Å². The SMILES string of the molecule is O=S1(=O)CC(P)S(=O)(=O)O1. The van der Waals surface area contributed by atoms with Gasteiger partial charge in [0.1, 0.15) is 4.99 Å². The number of rotatable bonds is 0. The van der Waals surface area contributed by atoms with Crippen molar-refractivity contribution in [2.24, 2.45) is 0 Å². The lowest BCUT2D eigenvalue weighted by molar-refractivity contribution is 0.478. The maximum atomic E-state index is 10.6. The first-order valence-electron chi connectivity index (χ1n) is 2.27. The summed E-state index contributed by atoms with van der Waals surface area (Å²) in [5.41, 5.74) is 0. The van der Waals surface area contributed by atoms with Crippen molar-refractivity contribution in [3.63, 3.8) is 0 Å². The van der Waals surface area contributed by atoms with Crippen molar-refractivity contribution in [3.8, 4) is 0 Å². The van der Waals surface area contributed by atoms with Gasteiger partial charge in [-0.25, -0.2) is 0 Å². The smallest absolute Gasteiger partial charge is 0.198 e. The first kappa shape index (κ1) is 8.39. The van der Waals surface area contributed by atoms with Crippen LogP contribution in [0.2, 0.25) is 0 Å². The summed E-state index contributed by atoms with van der Waals surface area (Å²) < 4.78 is 45.8. The van der Waals surface area contributed by atoms with E-state index in [1.54, 1.807) is 0 Å². The van der Waals surface area contributed by atoms with Crippen LogP contribution in [-0.4, -0.2) is 27.6 Å². The Hall–Kier alpha value is 0.290. The summed E-state index contributed by atoms with van der Waals surface area (Å²) in [6.45, 7) is 0. The summed E-state index contributed by atoms with van der Waals surface area (Å²) in [6, 6.07) is 0. The first-order chi connectivity index (χ1) is 4.33. The molecule has 1 fully saturated rings. The first-order valence-corrected chi connectivity index (χ1v) is 5.98. The van der Waals surface area contributed by atoms with Crippen molar-refractivity contribution in [3.05, 3.63) is 0 Å². The monoisotopic (exact) mass is 204 g/mol. The molecule has 0 aliphatic carbocycles. The minimum atomic E-state index is -3.86. The van der Waals surface area contributed by atoms with Gasteiger partial charge in [-0.1, -0.05) is 0 Å². The maximum absolute atomic E-state index is 10.6. The lowest BCUT2D eigenvalue weighted by Crippen LogP contribution is -2.08. The Labute approximate surface area is 61.2 Å². The normalized spacial score (nSPS) is 35.9. The number of hydrogen-bond donors (Lipinski definition) is 0. The van der Waals surface area contributed by atoms with E-state index in [9.17, 15) is 16.8 Å². The zero-order valence-electron chi connectivity index (χ0n) is 4.72. The molecule has 0 saturated carbocycles. The van der Waals surface area contributed by atoms with Crippen LogP contribution in [0.4, 0.5) is 0 Å². The van der Waals surface area contributed by atoms with Crippen LogP contribution >= 0.6 is 9.24 Å². The Morgan fingerprint density at radius 3 is 1.90 bits per heavy atom. The molecule has 8 heteroatoms. The Bertz CT molecular complexity index is 325. The largest absolute Gasteiger partial charge is 0.289 e. The van der Waals surface area contributed by atoms with Crippen molar-refractivity contribution >= 4 is 29.5 Å². The van der Waals surface area contributed by atoms with Gasteiger partial charge in [0.05, 0.1) is 5.75 Å². The molecule has 2 unspecified atom stereocenters. The quantitative estimate of drug-likeness (QED) is 0.467. The Kier molecular flexibility index (Phi) is 1.79. The minimum absolute atomic E-state index is 0.472. The van der Waals surface area contributed by atoms with Crippen molar-refractivity contribution in [1.82, 2.24) is 0 Å². The molecule has 60 valence electrons. The molecule has 1 aliphatic rings. The van der Waals surface area contributed by atoms with Gasteiger partial charge in [-0.3, -0.25) is 0 Å². The zero-order chi connectivity index (χ0) is 7.99. The molecule has 1 aliphatic heterocycles. The molecule has 0 aromatic carbocycles. The second-order valence-corrected chi connectivity index (χ2v) is 6.70. The topological polar surface area (TPSA) is 77.5 Å². The van der Waals surface area contributed by atoms with E-state index >= 15 is 0 Å². The van der Waals surface area contributed by atoms with E-state index in [1.807, 2.05) is 9.24 Å². The fourth-order valence-electron chi connectivity index (χ4n) is 0.507. The molecule has 0 aromatic rings. The second kappa shape index (κ2) is 2.14. The molecule has 10 heavy (non-hydrogen) atoms. The van der Waals surface area contributed by atoms with Crippen molar-refractivity contribution in [2.75, 3.05) is 5.75 Å². The predicted molar refractivity (Wildman–Crippen MR) is 37.3 cm³/mol. The third-order valence-corrected chi connectivity index (χ3v) is 5.99. The average molecular weight is 204 g/mol. The van der Waals surface area contributed by atoms with Gasteiger partial charge in [0.25, 0.3) is 20.2 Å². The highest BCUT2D eigenvalue weighted by atomic mass is 32.3. The summed E-state index contributed by atoms with van der Waals surface area (Å²) >= 11 is 0. The average Bonchev–Trinajstić information content (AvgIpc) is 1.73. The van der Waals surface area contributed by atoms with E-state index < -0.39 is 31.0 Å². The number of hydrogen-bond acceptors (Lipinski definition) is 5. The molecule has 1 saturated heterocycles. The van der Waals surface area contributed by atoms with Crippen LogP contribution in [0.25, 0.3) is 0 Å². The lowest BCUT2D eigenvalue weighted by Gasteiger charge is -1.91. The van der Waals surface area contributed by atoms with Gasteiger partial charge in [0.15, 0.2) is 0 Å². The van der Waals surface area contributed by atoms with Crippen molar-refractivity contribution in [2.45, 2.75) is 4.99 Å². The van der Waals surface area contributed by atoms with Crippen LogP contribution in [0.1, 0.15) is 0 Å². The van der Waals surface area contributed by atoms with Crippen LogP contribution < -0.4 is 0 Å². The summed E-state index contributed by atoms with van der Waals surface area (Å²) in [5, 5.41) is 0. The van der Waals surface area contributed by atoms with Crippen LogP contribution in [0.3, 0.4) is 0 Å². The molecule has 5 nitrogen and oxygen atoms in total. The summed E-state index contributed by atoms with van der Waals surface area (Å²) in [7, 11) is -5.78. The molecule has 1 rings (SSSR count). The third kappa shape index (κ3) is 1.47. The summed E-state index contributed by atoms with van der Waals surface area (Å²) in [5.74, 6) is -0.472. The van der Waals surface area contributed by atoms with Gasteiger partial charge in [0, 0.05) is 0 Å². The molecule has 2 atom stereocenters. The zero-order valence-corrected chi connectivity index (χ0v) is 7.51. The molecule has 0 radical (unpaired) electrons. The highest BCUT2D eigenvalue weighted by Gasteiger charge is 2.40. The summed E-state index contributed by atoms with van der Waals surface area (Å²) in [4.78, 5) is -1.02. The van der Waals surface area contributed by atoms with E-state index in [-0.39, 0.29) is 0 Å². The van der Waals surface area contributed by atoms with E-state index in [1.165, 1.54) is 0 Å². The van der Waals surface area contributed by atoms with Crippen LogP contribution in [0.15, 0.2) is 0 Å². The van der Waals surface area contributed by atoms with Gasteiger partial charge in [-0.05, 0) is 0 Å². The Balaban J connectivity index is 3.16. The Morgan fingerprint density at radius 2 is 1.80 bits per heavy atom. The van der Waals surface area contributed by atoms with Crippen LogP contribution in [0.5, 0.6) is 0 Å². The molecule has 1 heterocycles. The highest BCUT2D eigenvalue weighted by molar-refractivity contribution is 8.05. The third-order valence-electron chi connectivity index (χ3n) is 0.938. The molecular formula is C2H5O5PS2. The molecule has 0 bridgehead atoms. The molecule has 0 amide bonds. The molecule has 0 N–H and O–H groups in total. The molecule has 0 aromatic heterocycles. The molecular weight excluding hydrogens is 199 g/mol. The summed E-state index contributed by atoms with van der Waals surface area (Å²) in [6.07, 6.45) is 0. The van der Waals surface area contributed by atoms with Gasteiger partial charge in [-0.15, -0.1) is 12.9 Å². The fraction of sp³-hybridized carbons (Fsp3) is 1.00. The maximum Gasteiger partial charge on any atom is 0.289 e. The fourth-order valence-corrected chi connectivity index (χ4v) is 4.97. The van der Waals surface area contributed by atoms with E-state index in [0.29, 0.717) is 0 Å². The van der Waals surface area contributed by atoms with Crippen molar-refractivity contribution < 1.29 is 20.5 Å². The lowest BCUT2D eigenvalue weighted by atomic mass is 10.9. The van der Waals surface area contributed by atoms with E-state index in [0.717, 1.165) is 0 Å². The van der Waals surface area contributed by atoms with Gasteiger partial charge >= 0.3 is 0 Å². The standard InChI is InChI=1S/C2H5O5PS2/c3-9(4)1-2(8)10(5,6)7-9/h2H,1,8H2.